The predicted molar refractivity (Wildman–Crippen MR) is 104 cm³/mol. The van der Waals surface area contributed by atoms with Crippen molar-refractivity contribution in [2.75, 3.05) is 0 Å². The van der Waals surface area contributed by atoms with Gasteiger partial charge in [-0.2, -0.15) is 4.98 Å². The number of hydrogen-bond acceptors (Lipinski definition) is 4. The van der Waals surface area contributed by atoms with Gasteiger partial charge in [-0.05, 0) is 55.7 Å². The van der Waals surface area contributed by atoms with Crippen molar-refractivity contribution in [1.82, 2.24) is 9.97 Å². The Kier molecular flexibility index (Phi) is 5.61. The van der Waals surface area contributed by atoms with Crippen molar-refractivity contribution in [3.05, 3.63) is 75.9 Å². The van der Waals surface area contributed by atoms with E-state index in [4.69, 9.17) is 16.3 Å². The lowest BCUT2D eigenvalue weighted by molar-refractivity contribution is 0.454. The molecule has 0 atom stereocenters. The first kappa shape index (κ1) is 17.8. The van der Waals surface area contributed by atoms with E-state index in [9.17, 15) is 0 Å². The molecular weight excluding hydrogens is 352 g/mol. The molecule has 25 heavy (non-hydrogen) atoms. The molecule has 5 heteroatoms. The third-order valence-corrected chi connectivity index (χ3v) is 4.81. The van der Waals surface area contributed by atoms with Crippen molar-refractivity contribution in [3.63, 3.8) is 0 Å². The molecule has 0 radical (unpaired) electrons. The van der Waals surface area contributed by atoms with Crippen LogP contribution in [-0.4, -0.2) is 9.97 Å². The summed E-state index contributed by atoms with van der Waals surface area (Å²) < 4.78 is 5.95. The average Bonchev–Trinajstić information content (AvgIpc) is 2.52. The molecule has 3 aromatic rings. The van der Waals surface area contributed by atoms with Crippen LogP contribution in [0.4, 0.5) is 0 Å². The molecule has 0 N–H and O–H groups in total. The fraction of sp³-hybridized carbons (Fsp3) is 0.200. The van der Waals surface area contributed by atoms with Gasteiger partial charge in [-0.1, -0.05) is 47.6 Å². The number of aryl methyl sites for hydroxylation is 3. The minimum Gasteiger partial charge on any atom is -0.439 e. The smallest absolute Gasteiger partial charge is 0.223 e. The summed E-state index contributed by atoms with van der Waals surface area (Å²) in [6.07, 6.45) is 0. The highest BCUT2D eigenvalue weighted by Crippen LogP contribution is 2.28. The highest BCUT2D eigenvalue weighted by molar-refractivity contribution is 7.98. The zero-order valence-corrected chi connectivity index (χ0v) is 16.0. The minimum atomic E-state index is 0.555. The van der Waals surface area contributed by atoms with E-state index in [1.807, 2.05) is 49.4 Å². The molecule has 0 saturated heterocycles. The van der Waals surface area contributed by atoms with Gasteiger partial charge in [-0.25, -0.2) is 4.98 Å². The molecule has 0 unspecified atom stereocenters. The second-order valence-electron chi connectivity index (χ2n) is 5.94. The Labute approximate surface area is 157 Å². The fourth-order valence-corrected chi connectivity index (χ4v) is 3.68. The summed E-state index contributed by atoms with van der Waals surface area (Å²) in [5.74, 6) is 2.06. The normalized spacial score (nSPS) is 10.7. The molecule has 3 nitrogen and oxygen atoms in total. The van der Waals surface area contributed by atoms with Crippen LogP contribution in [0.3, 0.4) is 0 Å². The largest absolute Gasteiger partial charge is 0.439 e. The predicted octanol–water partition coefficient (Wildman–Crippen LogP) is 6.14. The number of ether oxygens (including phenoxy) is 1. The summed E-state index contributed by atoms with van der Waals surface area (Å²) in [6.45, 7) is 6.04. The van der Waals surface area contributed by atoms with Gasteiger partial charge < -0.3 is 4.74 Å². The van der Waals surface area contributed by atoms with Crippen LogP contribution in [0, 0.1) is 20.8 Å². The summed E-state index contributed by atoms with van der Waals surface area (Å²) >= 11 is 7.76. The standard InChI is InChI=1S/C20H19ClN2OS/c1-13-8-14(2)10-17(9-13)24-19-11-15(3)22-20(23-19)25-12-16-6-4-5-7-18(16)21/h4-11H,12H2,1-3H3. The molecule has 128 valence electrons. The summed E-state index contributed by atoms with van der Waals surface area (Å²) in [4.78, 5) is 9.00. The highest BCUT2D eigenvalue weighted by atomic mass is 35.5. The molecule has 0 fully saturated rings. The van der Waals surface area contributed by atoms with Gasteiger partial charge in [0.1, 0.15) is 5.75 Å². The van der Waals surface area contributed by atoms with E-state index in [0.717, 1.165) is 33.2 Å². The van der Waals surface area contributed by atoms with E-state index in [1.54, 1.807) is 11.8 Å². The van der Waals surface area contributed by atoms with E-state index in [0.29, 0.717) is 16.8 Å². The van der Waals surface area contributed by atoms with E-state index in [-0.39, 0.29) is 0 Å². The maximum Gasteiger partial charge on any atom is 0.223 e. The maximum absolute atomic E-state index is 6.21. The molecule has 1 heterocycles. The molecule has 0 aliphatic carbocycles. The third kappa shape index (κ3) is 4.97. The Hall–Kier alpha value is -2.04. The molecule has 0 aliphatic heterocycles. The number of nitrogens with zero attached hydrogens (tertiary/aromatic N) is 2. The first-order chi connectivity index (χ1) is 12.0. The number of halogens is 1. The van der Waals surface area contributed by atoms with Crippen LogP contribution in [-0.2, 0) is 5.75 Å². The number of benzene rings is 2. The first-order valence-corrected chi connectivity index (χ1v) is 9.34. The van der Waals surface area contributed by atoms with Gasteiger partial charge in [0.05, 0.1) is 0 Å². The van der Waals surface area contributed by atoms with Crippen LogP contribution in [0.1, 0.15) is 22.4 Å². The second-order valence-corrected chi connectivity index (χ2v) is 7.29. The molecule has 0 aliphatic rings. The van der Waals surface area contributed by atoms with Gasteiger partial charge in [0.2, 0.25) is 5.88 Å². The first-order valence-electron chi connectivity index (χ1n) is 7.97. The van der Waals surface area contributed by atoms with Crippen LogP contribution in [0.15, 0.2) is 53.7 Å². The summed E-state index contributed by atoms with van der Waals surface area (Å²) in [7, 11) is 0. The molecule has 1 aromatic heterocycles. The van der Waals surface area contributed by atoms with Crippen LogP contribution in [0.2, 0.25) is 5.02 Å². The lowest BCUT2D eigenvalue weighted by Gasteiger charge is -2.09. The van der Waals surface area contributed by atoms with Gasteiger partial charge in [-0.15, -0.1) is 0 Å². The quantitative estimate of drug-likeness (QED) is 0.399. The van der Waals surface area contributed by atoms with Crippen molar-refractivity contribution in [3.8, 4) is 11.6 Å². The molecular formula is C20H19ClN2OS. The zero-order chi connectivity index (χ0) is 17.8. The van der Waals surface area contributed by atoms with Crippen molar-refractivity contribution in [2.45, 2.75) is 31.7 Å². The summed E-state index contributed by atoms with van der Waals surface area (Å²) in [6, 6.07) is 15.8. The minimum absolute atomic E-state index is 0.555. The van der Waals surface area contributed by atoms with E-state index in [2.05, 4.69) is 29.9 Å². The van der Waals surface area contributed by atoms with E-state index in [1.165, 1.54) is 0 Å². The van der Waals surface area contributed by atoms with Crippen LogP contribution < -0.4 is 4.74 Å². The summed E-state index contributed by atoms with van der Waals surface area (Å²) in [5, 5.41) is 1.44. The van der Waals surface area contributed by atoms with Crippen molar-refractivity contribution < 1.29 is 4.74 Å². The van der Waals surface area contributed by atoms with Crippen LogP contribution in [0.25, 0.3) is 0 Å². The Morgan fingerprint density at radius 3 is 2.40 bits per heavy atom. The highest BCUT2D eigenvalue weighted by Gasteiger charge is 2.08. The molecule has 0 amide bonds. The topological polar surface area (TPSA) is 35.0 Å². The number of thioether (sulfide) groups is 1. The van der Waals surface area contributed by atoms with Gasteiger partial charge in [0, 0.05) is 22.5 Å². The number of rotatable bonds is 5. The fourth-order valence-electron chi connectivity index (χ4n) is 2.50. The number of aromatic nitrogens is 2. The maximum atomic E-state index is 6.21. The Bertz CT molecular complexity index is 878. The van der Waals surface area contributed by atoms with Gasteiger partial charge in [0.15, 0.2) is 5.16 Å². The molecule has 0 bridgehead atoms. The van der Waals surface area contributed by atoms with Crippen molar-refractivity contribution in [2.24, 2.45) is 0 Å². The molecule has 0 spiro atoms. The molecule has 3 rings (SSSR count). The van der Waals surface area contributed by atoms with Gasteiger partial charge in [0.25, 0.3) is 0 Å². The Balaban J connectivity index is 1.77. The van der Waals surface area contributed by atoms with Crippen molar-refractivity contribution in [1.29, 1.82) is 0 Å². The van der Waals surface area contributed by atoms with E-state index >= 15 is 0 Å². The van der Waals surface area contributed by atoms with Gasteiger partial charge in [-0.3, -0.25) is 0 Å². The van der Waals surface area contributed by atoms with Crippen LogP contribution >= 0.6 is 23.4 Å². The van der Waals surface area contributed by atoms with Crippen molar-refractivity contribution >= 4 is 23.4 Å². The Morgan fingerprint density at radius 2 is 1.68 bits per heavy atom. The summed E-state index contributed by atoms with van der Waals surface area (Å²) in [5.41, 5.74) is 4.26. The SMILES string of the molecule is Cc1cc(C)cc(Oc2cc(C)nc(SCc3ccccc3Cl)n2)c1. The number of hydrogen-bond donors (Lipinski definition) is 0. The lowest BCUT2D eigenvalue weighted by Crippen LogP contribution is -1.96. The lowest BCUT2D eigenvalue weighted by atomic mass is 10.1. The second kappa shape index (κ2) is 7.89. The van der Waals surface area contributed by atoms with E-state index < -0.39 is 0 Å². The third-order valence-electron chi connectivity index (χ3n) is 3.54. The molecule has 2 aromatic carbocycles. The van der Waals surface area contributed by atoms with Crippen LogP contribution in [0.5, 0.6) is 11.6 Å². The average molecular weight is 371 g/mol. The molecule has 0 saturated carbocycles. The van der Waals surface area contributed by atoms with Gasteiger partial charge >= 0.3 is 0 Å². The zero-order valence-electron chi connectivity index (χ0n) is 14.4. The monoisotopic (exact) mass is 370 g/mol. The Morgan fingerprint density at radius 1 is 0.960 bits per heavy atom.